The van der Waals surface area contributed by atoms with Crippen LogP contribution in [0.4, 0.5) is 5.82 Å². The number of hydrogen-bond acceptors (Lipinski definition) is 5. The summed E-state index contributed by atoms with van der Waals surface area (Å²) in [4.78, 5) is 11.0. The van der Waals surface area contributed by atoms with Crippen molar-refractivity contribution < 1.29 is 8.42 Å². The molecule has 3 heterocycles. The van der Waals surface area contributed by atoms with Crippen molar-refractivity contribution in [3.63, 3.8) is 0 Å². The van der Waals surface area contributed by atoms with Gasteiger partial charge in [0, 0.05) is 38.9 Å². The molecule has 2 aliphatic heterocycles. The standard InChI is InChI=1S/C17H27N5O2S.HI/c1-18-17(21-15-6-10-25(23,24)13-15)20-12-14-5-7-19-16(11-14)22-8-3-2-4-9-22;/h5,7,11,15H,2-4,6,8-10,12-13H2,1H3,(H2,18,20,21);1H. The minimum Gasteiger partial charge on any atom is -0.357 e. The first-order valence-corrected chi connectivity index (χ1v) is 10.8. The van der Waals surface area contributed by atoms with E-state index in [1.807, 2.05) is 12.3 Å². The third-order valence-corrected chi connectivity index (χ3v) is 6.51. The third kappa shape index (κ3) is 5.97. The van der Waals surface area contributed by atoms with Crippen molar-refractivity contribution in [2.24, 2.45) is 4.99 Å². The summed E-state index contributed by atoms with van der Waals surface area (Å²) in [7, 11) is -1.19. The average Bonchev–Trinajstić information content (AvgIpc) is 2.98. The smallest absolute Gasteiger partial charge is 0.191 e. The van der Waals surface area contributed by atoms with Crippen LogP contribution >= 0.6 is 24.0 Å². The monoisotopic (exact) mass is 493 g/mol. The van der Waals surface area contributed by atoms with Crippen LogP contribution in [0.15, 0.2) is 23.3 Å². The molecule has 0 aliphatic carbocycles. The van der Waals surface area contributed by atoms with E-state index in [-0.39, 0.29) is 41.5 Å². The molecule has 0 radical (unpaired) electrons. The molecule has 1 unspecified atom stereocenters. The molecule has 2 aliphatic rings. The molecule has 0 amide bonds. The van der Waals surface area contributed by atoms with E-state index in [1.54, 1.807) is 7.05 Å². The fourth-order valence-corrected chi connectivity index (χ4v) is 5.02. The van der Waals surface area contributed by atoms with Gasteiger partial charge in [0.25, 0.3) is 0 Å². The molecule has 0 spiro atoms. The van der Waals surface area contributed by atoms with Crippen LogP contribution in [0.3, 0.4) is 0 Å². The molecule has 1 aromatic rings. The summed E-state index contributed by atoms with van der Waals surface area (Å²) in [5.74, 6) is 2.11. The van der Waals surface area contributed by atoms with Crippen molar-refractivity contribution in [2.45, 2.75) is 38.3 Å². The number of nitrogens with one attached hydrogen (secondary N) is 2. The van der Waals surface area contributed by atoms with E-state index in [4.69, 9.17) is 0 Å². The summed E-state index contributed by atoms with van der Waals surface area (Å²) in [5, 5.41) is 6.47. The predicted octanol–water partition coefficient (Wildman–Crippen LogP) is 1.54. The van der Waals surface area contributed by atoms with Crippen molar-refractivity contribution in [3.8, 4) is 0 Å². The first kappa shape index (κ1) is 21.2. The fraction of sp³-hybridized carbons (Fsp3) is 0.647. The molecule has 0 saturated carbocycles. The number of aromatic nitrogens is 1. The Labute approximate surface area is 173 Å². The van der Waals surface area contributed by atoms with E-state index in [9.17, 15) is 8.42 Å². The highest BCUT2D eigenvalue weighted by atomic mass is 127. The van der Waals surface area contributed by atoms with Gasteiger partial charge in [-0.2, -0.15) is 0 Å². The highest BCUT2D eigenvalue weighted by Gasteiger charge is 2.28. The van der Waals surface area contributed by atoms with Crippen LogP contribution < -0.4 is 15.5 Å². The Morgan fingerprint density at radius 1 is 1.35 bits per heavy atom. The number of pyridine rings is 1. The van der Waals surface area contributed by atoms with Gasteiger partial charge in [-0.15, -0.1) is 24.0 Å². The maximum atomic E-state index is 11.6. The number of nitrogens with zero attached hydrogens (tertiary/aromatic N) is 3. The van der Waals surface area contributed by atoms with Gasteiger partial charge >= 0.3 is 0 Å². The van der Waals surface area contributed by atoms with Gasteiger partial charge in [0.1, 0.15) is 5.82 Å². The first-order chi connectivity index (χ1) is 12.1. The molecule has 26 heavy (non-hydrogen) atoms. The molecule has 0 aromatic carbocycles. The van der Waals surface area contributed by atoms with Gasteiger partial charge in [0.05, 0.1) is 11.5 Å². The lowest BCUT2D eigenvalue weighted by Crippen LogP contribution is -2.43. The zero-order chi connectivity index (χ0) is 17.7. The van der Waals surface area contributed by atoms with E-state index in [0.717, 1.165) is 24.5 Å². The highest BCUT2D eigenvalue weighted by Crippen LogP contribution is 2.18. The Hall–Kier alpha value is -1.10. The molecule has 2 saturated heterocycles. The summed E-state index contributed by atoms with van der Waals surface area (Å²) in [6, 6.07) is 4.05. The molecule has 2 N–H and O–H groups in total. The van der Waals surface area contributed by atoms with Gasteiger partial charge in [-0.3, -0.25) is 4.99 Å². The maximum absolute atomic E-state index is 11.6. The van der Waals surface area contributed by atoms with E-state index in [0.29, 0.717) is 18.9 Å². The molecule has 146 valence electrons. The Morgan fingerprint density at radius 3 is 2.77 bits per heavy atom. The molecule has 1 aromatic heterocycles. The highest BCUT2D eigenvalue weighted by molar-refractivity contribution is 14.0. The van der Waals surface area contributed by atoms with Crippen molar-refractivity contribution in [2.75, 3.05) is 36.5 Å². The zero-order valence-corrected chi connectivity index (χ0v) is 18.3. The minimum atomic E-state index is -2.89. The Balaban J connectivity index is 0.00000243. The lowest BCUT2D eigenvalue weighted by atomic mass is 10.1. The predicted molar refractivity (Wildman–Crippen MR) is 116 cm³/mol. The molecule has 9 heteroatoms. The number of hydrogen-bond donors (Lipinski definition) is 2. The number of anilines is 1. The number of sulfone groups is 1. The summed E-state index contributed by atoms with van der Waals surface area (Å²) in [6.45, 7) is 2.77. The number of aliphatic imine (C=N–C) groups is 1. The van der Waals surface area contributed by atoms with E-state index < -0.39 is 9.84 Å². The van der Waals surface area contributed by atoms with Gasteiger partial charge in [-0.1, -0.05) is 0 Å². The molecule has 1 atom stereocenters. The molecule has 7 nitrogen and oxygen atoms in total. The number of guanidine groups is 1. The summed E-state index contributed by atoms with van der Waals surface area (Å²) in [6.07, 6.45) is 6.24. The largest absolute Gasteiger partial charge is 0.357 e. The van der Waals surface area contributed by atoms with Gasteiger partial charge < -0.3 is 15.5 Å². The van der Waals surface area contributed by atoms with Gasteiger partial charge in [0.15, 0.2) is 15.8 Å². The van der Waals surface area contributed by atoms with Gasteiger partial charge in [-0.25, -0.2) is 13.4 Å². The van der Waals surface area contributed by atoms with Crippen LogP contribution in [0.2, 0.25) is 0 Å². The summed E-state index contributed by atoms with van der Waals surface area (Å²) >= 11 is 0. The van der Waals surface area contributed by atoms with Crippen LogP contribution in [0.1, 0.15) is 31.2 Å². The quantitative estimate of drug-likeness (QED) is 0.376. The molecule has 3 rings (SSSR count). The van der Waals surface area contributed by atoms with E-state index in [2.05, 4.69) is 31.6 Å². The normalized spacial score (nSPS) is 22.6. The van der Waals surface area contributed by atoms with Crippen LogP contribution in [0, 0.1) is 0 Å². The molecule has 2 fully saturated rings. The second-order valence-electron chi connectivity index (χ2n) is 6.74. The average molecular weight is 493 g/mol. The van der Waals surface area contributed by atoms with E-state index >= 15 is 0 Å². The van der Waals surface area contributed by atoms with E-state index in [1.165, 1.54) is 19.3 Å². The SMILES string of the molecule is CN=C(NCc1ccnc(N2CCCCC2)c1)NC1CCS(=O)(=O)C1.I. The molecular weight excluding hydrogens is 465 g/mol. The summed E-state index contributed by atoms with van der Waals surface area (Å²) in [5.41, 5.74) is 1.14. The van der Waals surface area contributed by atoms with Gasteiger partial charge in [0.2, 0.25) is 0 Å². The number of piperidine rings is 1. The van der Waals surface area contributed by atoms with Crippen LogP contribution in [-0.2, 0) is 16.4 Å². The Kier molecular flexibility index (Phi) is 7.93. The number of halogens is 1. The summed E-state index contributed by atoms with van der Waals surface area (Å²) < 4.78 is 23.1. The number of rotatable bonds is 4. The van der Waals surface area contributed by atoms with Crippen molar-refractivity contribution in [1.82, 2.24) is 15.6 Å². The lowest BCUT2D eigenvalue weighted by Gasteiger charge is -2.28. The van der Waals surface area contributed by atoms with Crippen LogP contribution in [0.25, 0.3) is 0 Å². The second-order valence-corrected chi connectivity index (χ2v) is 8.97. The van der Waals surface area contributed by atoms with Gasteiger partial charge in [-0.05, 0) is 43.4 Å². The molecule has 0 bridgehead atoms. The van der Waals surface area contributed by atoms with Crippen LogP contribution in [0.5, 0.6) is 0 Å². The van der Waals surface area contributed by atoms with Crippen molar-refractivity contribution >= 4 is 45.6 Å². The second kappa shape index (κ2) is 9.72. The Bertz CT molecular complexity index is 720. The first-order valence-electron chi connectivity index (χ1n) is 8.93. The van der Waals surface area contributed by atoms with Crippen LogP contribution in [-0.4, -0.2) is 57.0 Å². The van der Waals surface area contributed by atoms with Crippen molar-refractivity contribution in [1.29, 1.82) is 0 Å². The topological polar surface area (TPSA) is 86.7 Å². The zero-order valence-electron chi connectivity index (χ0n) is 15.1. The van der Waals surface area contributed by atoms with Crippen molar-refractivity contribution in [3.05, 3.63) is 23.9 Å². The fourth-order valence-electron chi connectivity index (χ4n) is 3.35. The Morgan fingerprint density at radius 2 is 2.12 bits per heavy atom. The maximum Gasteiger partial charge on any atom is 0.191 e. The minimum absolute atomic E-state index is 0. The lowest BCUT2D eigenvalue weighted by molar-refractivity contribution is 0.573. The molecular formula is C17H28IN5O2S. The third-order valence-electron chi connectivity index (χ3n) is 4.75.